The number of urea groups is 1. The number of nitrogens with zero attached hydrogens (tertiary/aromatic N) is 1. The Morgan fingerprint density at radius 1 is 1.23 bits per heavy atom. The van der Waals surface area contributed by atoms with Gasteiger partial charge in [0.2, 0.25) is 0 Å². The Morgan fingerprint density at radius 2 is 2.00 bits per heavy atom. The fourth-order valence-corrected chi connectivity index (χ4v) is 3.62. The van der Waals surface area contributed by atoms with Crippen LogP contribution in [0.5, 0.6) is 11.5 Å². The maximum Gasteiger partial charge on any atom is 0.335 e. The van der Waals surface area contributed by atoms with E-state index in [2.05, 4.69) is 27.2 Å². The third-order valence-corrected chi connectivity index (χ3v) is 4.93. The number of terminal acetylenes is 1. The molecule has 0 spiro atoms. The topological polar surface area (TPSA) is 84.9 Å². The van der Waals surface area contributed by atoms with Gasteiger partial charge in [-0.05, 0) is 64.8 Å². The zero-order valence-corrected chi connectivity index (χ0v) is 18.6. The quantitative estimate of drug-likeness (QED) is 0.363. The van der Waals surface area contributed by atoms with Crippen molar-refractivity contribution in [2.45, 2.75) is 6.92 Å². The van der Waals surface area contributed by atoms with E-state index < -0.39 is 17.8 Å². The number of halogens is 2. The lowest BCUT2D eigenvalue weighted by Gasteiger charge is -2.26. The number of nitrogens with one attached hydrogen (secondary N) is 1. The summed E-state index contributed by atoms with van der Waals surface area (Å²) in [5.41, 5.74) is 0.483. The van der Waals surface area contributed by atoms with Crippen molar-refractivity contribution in [2.75, 3.05) is 18.1 Å². The summed E-state index contributed by atoms with van der Waals surface area (Å²) < 4.78 is 11.6. The van der Waals surface area contributed by atoms with E-state index in [0.717, 1.165) is 4.90 Å². The van der Waals surface area contributed by atoms with Gasteiger partial charge < -0.3 is 9.47 Å². The van der Waals surface area contributed by atoms with Crippen molar-refractivity contribution < 1.29 is 23.9 Å². The van der Waals surface area contributed by atoms with Crippen LogP contribution < -0.4 is 19.7 Å². The number of amides is 4. The van der Waals surface area contributed by atoms with Crippen molar-refractivity contribution >= 4 is 57.1 Å². The van der Waals surface area contributed by atoms with Gasteiger partial charge in [0.25, 0.3) is 11.8 Å². The second kappa shape index (κ2) is 9.69. The molecule has 0 saturated carbocycles. The largest absolute Gasteiger partial charge is 0.490 e. The van der Waals surface area contributed by atoms with E-state index in [-0.39, 0.29) is 17.9 Å². The van der Waals surface area contributed by atoms with Crippen LogP contribution in [-0.2, 0) is 9.59 Å². The molecular weight excluding hydrogens is 488 g/mol. The number of anilines is 1. The zero-order valence-electron chi connectivity index (χ0n) is 16.3. The molecule has 1 fully saturated rings. The van der Waals surface area contributed by atoms with Crippen LogP contribution in [0.4, 0.5) is 10.5 Å². The lowest BCUT2D eigenvalue weighted by Crippen LogP contribution is -2.54. The third-order valence-electron chi connectivity index (χ3n) is 4.11. The minimum atomic E-state index is -0.858. The number of barbiturate groups is 1. The van der Waals surface area contributed by atoms with Crippen molar-refractivity contribution in [3.63, 3.8) is 0 Å². The molecule has 0 unspecified atom stereocenters. The average molecular weight is 504 g/mol. The van der Waals surface area contributed by atoms with Gasteiger partial charge >= 0.3 is 6.03 Å². The molecule has 2 aromatic carbocycles. The van der Waals surface area contributed by atoms with E-state index in [1.807, 2.05) is 0 Å². The second-order valence-electron chi connectivity index (χ2n) is 6.19. The number of benzene rings is 2. The third kappa shape index (κ3) is 4.90. The van der Waals surface area contributed by atoms with Crippen LogP contribution >= 0.6 is 27.5 Å². The summed E-state index contributed by atoms with van der Waals surface area (Å²) in [6, 6.07) is 8.58. The Balaban J connectivity index is 2.03. The molecule has 31 heavy (non-hydrogen) atoms. The first kappa shape index (κ1) is 22.4. The molecule has 0 radical (unpaired) electrons. The number of carbonyl (C=O) groups excluding carboxylic acids is 3. The minimum absolute atomic E-state index is 0.0384. The van der Waals surface area contributed by atoms with Gasteiger partial charge in [-0.2, -0.15) is 0 Å². The number of hydrogen-bond donors (Lipinski definition) is 1. The molecule has 3 rings (SSSR count). The maximum absolute atomic E-state index is 13.0. The van der Waals surface area contributed by atoms with Crippen molar-refractivity contribution in [1.29, 1.82) is 0 Å². The molecule has 9 heteroatoms. The summed E-state index contributed by atoms with van der Waals surface area (Å²) in [4.78, 5) is 38.6. The summed E-state index contributed by atoms with van der Waals surface area (Å²) >= 11 is 9.37. The summed E-state index contributed by atoms with van der Waals surface area (Å²) in [5, 5.41) is 2.51. The van der Waals surface area contributed by atoms with Gasteiger partial charge in [-0.25, -0.2) is 9.69 Å². The number of imide groups is 2. The smallest absolute Gasteiger partial charge is 0.335 e. The van der Waals surface area contributed by atoms with Crippen LogP contribution in [0.25, 0.3) is 6.08 Å². The van der Waals surface area contributed by atoms with Gasteiger partial charge in [0.1, 0.15) is 12.2 Å². The molecule has 0 atom stereocenters. The highest BCUT2D eigenvalue weighted by molar-refractivity contribution is 9.10. The Kier molecular flexibility index (Phi) is 7.00. The van der Waals surface area contributed by atoms with Gasteiger partial charge in [0.05, 0.1) is 16.8 Å². The fraction of sp³-hybridized carbons (Fsp3) is 0.136. The SMILES string of the molecule is C#CCOc1c(Br)cc(/C=C2\C(=O)NC(=O)N(c3cccc(Cl)c3)C2=O)cc1OCC. The standard InChI is InChI=1S/C22H16BrClN2O5/c1-3-8-31-19-17(23)10-13(11-18(19)30-4-2)9-16-20(27)25-22(29)26(21(16)28)15-7-5-6-14(24)12-15/h1,5-7,9-12H,4,8H2,2H3,(H,25,27,29)/b16-9+. The number of ether oxygens (including phenoxy) is 2. The average Bonchev–Trinajstić information content (AvgIpc) is 2.71. The Bertz CT molecular complexity index is 1140. The van der Waals surface area contributed by atoms with Gasteiger partial charge in [-0.1, -0.05) is 23.6 Å². The summed E-state index contributed by atoms with van der Waals surface area (Å²) in [6.45, 7) is 2.20. The molecule has 2 aromatic rings. The summed E-state index contributed by atoms with van der Waals surface area (Å²) in [7, 11) is 0. The Hall–Kier alpha value is -3.28. The van der Waals surface area contributed by atoms with Gasteiger partial charge in [-0.15, -0.1) is 6.42 Å². The molecular formula is C22H16BrClN2O5. The van der Waals surface area contributed by atoms with Crippen LogP contribution in [0, 0.1) is 12.3 Å². The van der Waals surface area contributed by atoms with Gasteiger partial charge in [-0.3, -0.25) is 14.9 Å². The Morgan fingerprint density at radius 3 is 2.68 bits per heavy atom. The Labute approximate surface area is 192 Å². The predicted molar refractivity (Wildman–Crippen MR) is 120 cm³/mol. The van der Waals surface area contributed by atoms with E-state index in [0.29, 0.717) is 33.2 Å². The van der Waals surface area contributed by atoms with Crippen LogP contribution in [0.1, 0.15) is 12.5 Å². The lowest BCUT2D eigenvalue weighted by molar-refractivity contribution is -0.122. The zero-order chi connectivity index (χ0) is 22.5. The first-order valence-electron chi connectivity index (χ1n) is 9.05. The molecule has 1 aliphatic rings. The van der Waals surface area contributed by atoms with Crippen molar-refractivity contribution in [1.82, 2.24) is 5.32 Å². The molecule has 1 saturated heterocycles. The van der Waals surface area contributed by atoms with E-state index in [1.165, 1.54) is 18.2 Å². The highest BCUT2D eigenvalue weighted by Crippen LogP contribution is 2.38. The summed E-state index contributed by atoms with van der Waals surface area (Å²) in [6.07, 6.45) is 6.61. The maximum atomic E-state index is 13.0. The molecule has 0 bridgehead atoms. The van der Waals surface area contributed by atoms with Crippen molar-refractivity contribution in [3.8, 4) is 23.8 Å². The van der Waals surface area contributed by atoms with E-state index >= 15 is 0 Å². The van der Waals surface area contributed by atoms with Crippen LogP contribution in [0.15, 0.2) is 46.4 Å². The predicted octanol–water partition coefficient (Wildman–Crippen LogP) is 4.18. The fourth-order valence-electron chi connectivity index (χ4n) is 2.86. The first-order valence-corrected chi connectivity index (χ1v) is 10.2. The molecule has 158 valence electrons. The molecule has 4 amide bonds. The van der Waals surface area contributed by atoms with Crippen molar-refractivity contribution in [2.24, 2.45) is 0 Å². The molecule has 1 N–H and O–H groups in total. The van der Waals surface area contributed by atoms with Crippen molar-refractivity contribution in [3.05, 3.63) is 57.0 Å². The molecule has 0 aliphatic carbocycles. The number of hydrogen-bond acceptors (Lipinski definition) is 5. The normalized spacial score (nSPS) is 15.0. The molecule has 0 aromatic heterocycles. The molecule has 1 heterocycles. The summed E-state index contributed by atoms with van der Waals surface area (Å²) in [5.74, 6) is 1.57. The highest BCUT2D eigenvalue weighted by Gasteiger charge is 2.37. The van der Waals surface area contributed by atoms with Gasteiger partial charge in [0, 0.05) is 5.02 Å². The minimum Gasteiger partial charge on any atom is -0.490 e. The molecule has 7 nitrogen and oxygen atoms in total. The van der Waals surface area contributed by atoms with Crippen LogP contribution in [0.3, 0.4) is 0 Å². The van der Waals surface area contributed by atoms with E-state index in [9.17, 15) is 14.4 Å². The van der Waals surface area contributed by atoms with E-state index in [1.54, 1.807) is 31.2 Å². The lowest BCUT2D eigenvalue weighted by atomic mass is 10.1. The second-order valence-corrected chi connectivity index (χ2v) is 7.48. The van der Waals surface area contributed by atoms with Gasteiger partial charge in [0.15, 0.2) is 11.5 Å². The van der Waals surface area contributed by atoms with Crippen LogP contribution in [0.2, 0.25) is 5.02 Å². The first-order chi connectivity index (χ1) is 14.8. The molecule has 1 aliphatic heterocycles. The highest BCUT2D eigenvalue weighted by atomic mass is 79.9. The number of rotatable bonds is 6. The number of carbonyl (C=O) groups is 3. The monoisotopic (exact) mass is 502 g/mol. The van der Waals surface area contributed by atoms with E-state index in [4.69, 9.17) is 27.5 Å². The van der Waals surface area contributed by atoms with Crippen LogP contribution in [-0.4, -0.2) is 31.1 Å².